The van der Waals surface area contributed by atoms with Gasteiger partial charge in [-0.3, -0.25) is 4.55 Å². The van der Waals surface area contributed by atoms with Crippen LogP contribution in [0.4, 0.5) is 0 Å². The fourth-order valence-electron chi connectivity index (χ4n) is 3.67. The van der Waals surface area contributed by atoms with Gasteiger partial charge in [-0.15, -0.1) is 0 Å². The Morgan fingerprint density at radius 2 is 1.42 bits per heavy atom. The molecule has 0 saturated carbocycles. The number of hydrogen-bond acceptors (Lipinski definition) is 4. The molecule has 0 amide bonds. The summed E-state index contributed by atoms with van der Waals surface area (Å²) in [7, 11) is -4.29. The predicted octanol–water partition coefficient (Wildman–Crippen LogP) is 7.28. The molecule has 31 heavy (non-hydrogen) atoms. The molecule has 2 N–H and O–H groups in total. The molecule has 2 aromatic carbocycles. The number of aromatic hydroxyl groups is 1. The van der Waals surface area contributed by atoms with Gasteiger partial charge in [0.05, 0.1) is 4.90 Å². The molecule has 0 fully saturated rings. The van der Waals surface area contributed by atoms with E-state index in [2.05, 4.69) is 6.92 Å². The zero-order valence-electron chi connectivity index (χ0n) is 18.6. The van der Waals surface area contributed by atoms with Gasteiger partial charge in [0.2, 0.25) is 0 Å². The standard InChI is InChI=1S/C25H36O5S/c1-2-3-4-5-6-7-8-9-10-11-12-14-21-19-22(26)17-18-25(21)30-23-15-13-16-24(20-23)31(27,28)29/h13,15-20,26H,2-12,14H2,1H3,(H,27,28,29). The number of unbranched alkanes of at least 4 members (excludes halogenated alkanes) is 10. The summed E-state index contributed by atoms with van der Waals surface area (Å²) in [5.41, 5.74) is 0.883. The van der Waals surface area contributed by atoms with E-state index in [1.807, 2.05) is 0 Å². The maximum atomic E-state index is 11.3. The Morgan fingerprint density at radius 3 is 2.03 bits per heavy atom. The summed E-state index contributed by atoms with van der Waals surface area (Å²) in [4.78, 5) is -0.212. The lowest BCUT2D eigenvalue weighted by atomic mass is 10.0. The van der Waals surface area contributed by atoms with Crippen molar-refractivity contribution in [3.63, 3.8) is 0 Å². The molecule has 0 unspecified atom stereocenters. The fourth-order valence-corrected chi connectivity index (χ4v) is 4.18. The summed E-state index contributed by atoms with van der Waals surface area (Å²) in [5, 5.41) is 9.86. The number of benzene rings is 2. The number of rotatable bonds is 15. The van der Waals surface area contributed by atoms with Gasteiger partial charge in [-0.25, -0.2) is 0 Å². The van der Waals surface area contributed by atoms with Gasteiger partial charge < -0.3 is 9.84 Å². The molecule has 172 valence electrons. The van der Waals surface area contributed by atoms with Crippen LogP contribution in [0.2, 0.25) is 0 Å². The van der Waals surface area contributed by atoms with Crippen LogP contribution in [0, 0.1) is 0 Å². The number of phenolic OH excluding ortho intramolecular Hbond substituents is 1. The molecular formula is C25H36O5S. The second kappa shape index (κ2) is 13.4. The fraction of sp³-hybridized carbons (Fsp3) is 0.520. The average molecular weight is 449 g/mol. The first-order chi connectivity index (χ1) is 14.9. The van der Waals surface area contributed by atoms with Crippen LogP contribution < -0.4 is 4.74 Å². The first-order valence-electron chi connectivity index (χ1n) is 11.5. The molecule has 2 rings (SSSR count). The Labute approximate surface area is 187 Å². The lowest BCUT2D eigenvalue weighted by Crippen LogP contribution is -1.98. The highest BCUT2D eigenvalue weighted by atomic mass is 32.2. The van der Waals surface area contributed by atoms with Crippen LogP contribution in [0.25, 0.3) is 0 Å². The van der Waals surface area contributed by atoms with E-state index in [0.717, 1.165) is 24.8 Å². The molecule has 2 aromatic rings. The summed E-state index contributed by atoms with van der Waals surface area (Å²) < 4.78 is 37.8. The van der Waals surface area contributed by atoms with Crippen LogP contribution in [0.1, 0.15) is 83.1 Å². The molecule has 6 heteroatoms. The lowest BCUT2D eigenvalue weighted by Gasteiger charge is -2.12. The van der Waals surface area contributed by atoms with E-state index >= 15 is 0 Å². The Morgan fingerprint density at radius 1 is 0.806 bits per heavy atom. The largest absolute Gasteiger partial charge is 0.508 e. The third kappa shape index (κ3) is 9.74. The molecule has 0 heterocycles. The molecule has 0 spiro atoms. The molecule has 0 radical (unpaired) electrons. The van der Waals surface area contributed by atoms with Gasteiger partial charge in [0, 0.05) is 6.07 Å². The minimum absolute atomic E-state index is 0.178. The Kier molecular flexibility index (Phi) is 10.9. The van der Waals surface area contributed by atoms with Crippen LogP contribution in [-0.2, 0) is 16.5 Å². The van der Waals surface area contributed by atoms with Crippen molar-refractivity contribution in [1.29, 1.82) is 0 Å². The molecule has 0 aliphatic rings. The summed E-state index contributed by atoms with van der Waals surface area (Å²) in [6.07, 6.45) is 14.7. The highest BCUT2D eigenvalue weighted by molar-refractivity contribution is 7.85. The number of hydrogen-bond donors (Lipinski definition) is 2. The van der Waals surface area contributed by atoms with Gasteiger partial charge in [-0.05, 0) is 48.7 Å². The average Bonchev–Trinajstić information content (AvgIpc) is 2.73. The highest BCUT2D eigenvalue weighted by Crippen LogP contribution is 2.30. The van der Waals surface area contributed by atoms with Gasteiger partial charge in [0.1, 0.15) is 17.2 Å². The van der Waals surface area contributed by atoms with E-state index in [9.17, 15) is 18.1 Å². The smallest absolute Gasteiger partial charge is 0.294 e. The Hall–Kier alpha value is -2.05. The number of phenols is 1. The second-order valence-corrected chi connectivity index (χ2v) is 9.55. The van der Waals surface area contributed by atoms with Crippen LogP contribution >= 0.6 is 0 Å². The second-order valence-electron chi connectivity index (χ2n) is 8.13. The first-order valence-corrected chi connectivity index (χ1v) is 12.9. The first kappa shape index (κ1) is 25.2. The molecule has 5 nitrogen and oxygen atoms in total. The molecule has 0 aromatic heterocycles. The van der Waals surface area contributed by atoms with E-state index in [4.69, 9.17) is 4.74 Å². The summed E-state index contributed by atoms with van der Waals surface area (Å²) in [6, 6.07) is 10.7. The van der Waals surface area contributed by atoms with Gasteiger partial charge >= 0.3 is 0 Å². The van der Waals surface area contributed by atoms with Crippen molar-refractivity contribution in [2.45, 2.75) is 88.9 Å². The monoisotopic (exact) mass is 448 g/mol. The minimum atomic E-state index is -4.29. The quantitative estimate of drug-likeness (QED) is 0.221. The number of aryl methyl sites for hydroxylation is 1. The normalized spacial score (nSPS) is 11.5. The molecule has 0 aliphatic carbocycles. The van der Waals surface area contributed by atoms with Crippen LogP contribution in [0.5, 0.6) is 17.2 Å². The third-order valence-corrected chi connectivity index (χ3v) is 6.27. The van der Waals surface area contributed by atoms with Crippen molar-refractivity contribution in [1.82, 2.24) is 0 Å². The van der Waals surface area contributed by atoms with E-state index in [0.29, 0.717) is 11.5 Å². The van der Waals surface area contributed by atoms with Crippen LogP contribution in [-0.4, -0.2) is 18.1 Å². The van der Waals surface area contributed by atoms with Gasteiger partial charge in [-0.2, -0.15) is 8.42 Å². The van der Waals surface area contributed by atoms with Crippen molar-refractivity contribution in [2.24, 2.45) is 0 Å². The summed E-state index contributed by atoms with van der Waals surface area (Å²) in [6.45, 7) is 2.24. The van der Waals surface area contributed by atoms with Crippen molar-refractivity contribution in [3.8, 4) is 17.2 Å². The van der Waals surface area contributed by atoms with E-state index in [1.54, 1.807) is 24.3 Å². The highest BCUT2D eigenvalue weighted by Gasteiger charge is 2.12. The number of ether oxygens (including phenoxy) is 1. The zero-order valence-corrected chi connectivity index (χ0v) is 19.4. The van der Waals surface area contributed by atoms with Crippen molar-refractivity contribution in [2.75, 3.05) is 0 Å². The molecule has 0 atom stereocenters. The molecule has 0 saturated heterocycles. The van der Waals surface area contributed by atoms with Crippen molar-refractivity contribution in [3.05, 3.63) is 48.0 Å². The Bertz CT molecular complexity index is 893. The van der Waals surface area contributed by atoms with E-state index < -0.39 is 10.1 Å². The van der Waals surface area contributed by atoms with Gasteiger partial charge in [0.25, 0.3) is 10.1 Å². The van der Waals surface area contributed by atoms with Crippen LogP contribution in [0.15, 0.2) is 47.4 Å². The van der Waals surface area contributed by atoms with Crippen molar-refractivity contribution >= 4 is 10.1 Å². The molecular weight excluding hydrogens is 412 g/mol. The Balaban J connectivity index is 1.79. The van der Waals surface area contributed by atoms with Gasteiger partial charge in [-0.1, -0.05) is 77.2 Å². The van der Waals surface area contributed by atoms with E-state index in [1.165, 1.54) is 76.0 Å². The third-order valence-electron chi connectivity index (χ3n) is 5.42. The minimum Gasteiger partial charge on any atom is -0.508 e. The summed E-state index contributed by atoms with van der Waals surface area (Å²) >= 11 is 0. The maximum Gasteiger partial charge on any atom is 0.294 e. The predicted molar refractivity (Wildman–Crippen MR) is 125 cm³/mol. The van der Waals surface area contributed by atoms with E-state index in [-0.39, 0.29) is 10.6 Å². The maximum absolute atomic E-state index is 11.3. The lowest BCUT2D eigenvalue weighted by molar-refractivity contribution is 0.455. The molecule has 0 aliphatic heterocycles. The summed E-state index contributed by atoms with van der Waals surface area (Å²) in [5.74, 6) is 1.08. The van der Waals surface area contributed by atoms with Crippen LogP contribution in [0.3, 0.4) is 0 Å². The SMILES string of the molecule is CCCCCCCCCCCCCc1cc(O)ccc1Oc1cccc(S(=O)(=O)O)c1. The van der Waals surface area contributed by atoms with Gasteiger partial charge in [0.15, 0.2) is 0 Å². The van der Waals surface area contributed by atoms with Crippen molar-refractivity contribution < 1.29 is 22.8 Å². The molecule has 0 bridgehead atoms. The zero-order chi connectivity index (χ0) is 22.5. The topological polar surface area (TPSA) is 83.8 Å².